The van der Waals surface area contributed by atoms with Crippen molar-refractivity contribution in [2.24, 2.45) is 5.92 Å². The van der Waals surface area contributed by atoms with Crippen molar-refractivity contribution in [1.29, 1.82) is 0 Å². The third kappa shape index (κ3) is 3.48. The Morgan fingerprint density at radius 2 is 2.11 bits per heavy atom. The summed E-state index contributed by atoms with van der Waals surface area (Å²) in [7, 11) is 0. The average molecular weight is 279 g/mol. The smallest absolute Gasteiger partial charge is 0.236 e. The largest absolute Gasteiger partial charge is 0.360 e. The summed E-state index contributed by atoms with van der Waals surface area (Å²) < 4.78 is 0. The summed E-state index contributed by atoms with van der Waals surface area (Å²) >= 11 is 1.77. The van der Waals surface area contributed by atoms with Gasteiger partial charge in [0, 0.05) is 26.2 Å². The van der Waals surface area contributed by atoms with E-state index in [0.717, 1.165) is 38.6 Å². The molecule has 2 fully saturated rings. The fraction of sp³-hybridized carbons (Fsp3) is 0.643. The summed E-state index contributed by atoms with van der Waals surface area (Å²) in [6.45, 7) is 5.13. The molecule has 5 heteroatoms. The minimum Gasteiger partial charge on any atom is -0.360 e. The number of anilines is 1. The highest BCUT2D eigenvalue weighted by molar-refractivity contribution is 7.14. The third-order valence-electron chi connectivity index (χ3n) is 3.86. The fourth-order valence-electron chi connectivity index (χ4n) is 2.44. The highest BCUT2D eigenvalue weighted by Crippen LogP contribution is 2.27. The lowest BCUT2D eigenvalue weighted by Crippen LogP contribution is -2.50. The molecule has 0 radical (unpaired) electrons. The molecule has 0 unspecified atom stereocenters. The molecule has 4 nitrogen and oxygen atoms in total. The summed E-state index contributed by atoms with van der Waals surface area (Å²) in [6, 6.07) is 4.23. The molecule has 1 saturated heterocycles. The second kappa shape index (κ2) is 5.92. The van der Waals surface area contributed by atoms with Gasteiger partial charge in [0.25, 0.3) is 0 Å². The van der Waals surface area contributed by atoms with Crippen LogP contribution in [0.5, 0.6) is 0 Å². The molecule has 19 heavy (non-hydrogen) atoms. The lowest BCUT2D eigenvalue weighted by Gasteiger charge is -2.35. The van der Waals surface area contributed by atoms with Crippen molar-refractivity contribution < 1.29 is 4.79 Å². The van der Waals surface area contributed by atoms with Crippen molar-refractivity contribution >= 4 is 22.2 Å². The van der Waals surface area contributed by atoms with Crippen LogP contribution in [0.25, 0.3) is 0 Å². The zero-order chi connectivity index (χ0) is 13.1. The van der Waals surface area contributed by atoms with E-state index in [-0.39, 0.29) is 5.91 Å². The first kappa shape index (κ1) is 12.9. The lowest BCUT2D eigenvalue weighted by molar-refractivity contribution is -0.130. The van der Waals surface area contributed by atoms with Crippen molar-refractivity contribution in [3.8, 4) is 0 Å². The molecule has 0 bridgehead atoms. The topological polar surface area (TPSA) is 35.6 Å². The number of carbonyl (C=O) groups excluding carboxylic acids is 1. The molecule has 1 N–H and O–H groups in total. The number of piperazine rings is 1. The molecule has 0 spiro atoms. The van der Waals surface area contributed by atoms with Gasteiger partial charge < -0.3 is 15.1 Å². The van der Waals surface area contributed by atoms with Crippen LogP contribution in [-0.4, -0.2) is 50.1 Å². The van der Waals surface area contributed by atoms with E-state index in [4.69, 9.17) is 0 Å². The Morgan fingerprint density at radius 1 is 1.32 bits per heavy atom. The molecule has 2 aliphatic rings. The Balaban J connectivity index is 1.40. The van der Waals surface area contributed by atoms with Crippen LogP contribution >= 0.6 is 11.3 Å². The van der Waals surface area contributed by atoms with Crippen LogP contribution in [0.15, 0.2) is 17.5 Å². The summed E-state index contributed by atoms with van der Waals surface area (Å²) in [6.07, 6.45) is 2.67. The number of rotatable bonds is 5. The fourth-order valence-corrected chi connectivity index (χ4v) is 3.23. The van der Waals surface area contributed by atoms with Crippen molar-refractivity contribution in [2.45, 2.75) is 12.8 Å². The molecule has 0 aromatic carbocycles. The van der Waals surface area contributed by atoms with Gasteiger partial charge in [0.15, 0.2) is 0 Å². The number of amides is 1. The maximum Gasteiger partial charge on any atom is 0.236 e. The second-order valence-corrected chi connectivity index (χ2v) is 6.32. The molecular weight excluding hydrogens is 258 g/mol. The van der Waals surface area contributed by atoms with E-state index in [2.05, 4.69) is 27.7 Å². The van der Waals surface area contributed by atoms with Crippen molar-refractivity contribution in [3.05, 3.63) is 17.5 Å². The van der Waals surface area contributed by atoms with E-state index < -0.39 is 0 Å². The van der Waals surface area contributed by atoms with E-state index >= 15 is 0 Å². The normalized spacial score (nSPS) is 19.8. The van der Waals surface area contributed by atoms with Crippen molar-refractivity contribution in [2.75, 3.05) is 44.2 Å². The predicted octanol–water partition coefficient (Wildman–Crippen LogP) is 1.40. The van der Waals surface area contributed by atoms with Crippen LogP contribution in [0.3, 0.4) is 0 Å². The van der Waals surface area contributed by atoms with E-state index in [9.17, 15) is 4.79 Å². The first-order valence-corrected chi connectivity index (χ1v) is 7.98. The van der Waals surface area contributed by atoms with Gasteiger partial charge in [-0.15, -0.1) is 11.3 Å². The summed E-state index contributed by atoms with van der Waals surface area (Å²) in [5.74, 6) is 1.09. The second-order valence-electron chi connectivity index (χ2n) is 5.39. The monoisotopic (exact) mass is 279 g/mol. The standard InChI is InChI=1S/C14H21N3OS/c18-13(11-15-10-12-3-4-12)16-5-7-17(8-6-16)14-2-1-9-19-14/h1-2,9,12,15H,3-8,10-11H2. The maximum absolute atomic E-state index is 12.0. The minimum atomic E-state index is 0.256. The van der Waals surface area contributed by atoms with Gasteiger partial charge in [0.2, 0.25) is 5.91 Å². The first-order chi connectivity index (χ1) is 9.33. The van der Waals surface area contributed by atoms with Gasteiger partial charge >= 0.3 is 0 Å². The van der Waals surface area contributed by atoms with Gasteiger partial charge in [-0.2, -0.15) is 0 Å². The molecular formula is C14H21N3OS. The van der Waals surface area contributed by atoms with Gasteiger partial charge in [-0.05, 0) is 42.8 Å². The summed E-state index contributed by atoms with van der Waals surface area (Å²) in [5, 5.41) is 6.70. The molecule has 3 rings (SSSR count). The Kier molecular flexibility index (Phi) is 4.03. The van der Waals surface area contributed by atoms with Crippen molar-refractivity contribution in [1.82, 2.24) is 10.2 Å². The molecule has 0 atom stereocenters. The highest BCUT2D eigenvalue weighted by atomic mass is 32.1. The zero-order valence-corrected chi connectivity index (χ0v) is 12.0. The zero-order valence-electron chi connectivity index (χ0n) is 11.2. The van der Waals surface area contributed by atoms with Crippen LogP contribution in [0.1, 0.15) is 12.8 Å². The SMILES string of the molecule is O=C(CNCC1CC1)N1CCN(c2cccs2)CC1. The van der Waals surface area contributed by atoms with Crippen LogP contribution < -0.4 is 10.2 Å². The average Bonchev–Trinajstić information content (AvgIpc) is 3.10. The van der Waals surface area contributed by atoms with Gasteiger partial charge in [-0.3, -0.25) is 4.79 Å². The van der Waals surface area contributed by atoms with Crippen molar-refractivity contribution in [3.63, 3.8) is 0 Å². The number of nitrogens with zero attached hydrogens (tertiary/aromatic N) is 2. The number of carbonyl (C=O) groups is 1. The van der Waals surface area contributed by atoms with Gasteiger partial charge in [-0.25, -0.2) is 0 Å². The number of thiophene rings is 1. The molecule has 104 valence electrons. The van der Waals surface area contributed by atoms with Crippen LogP contribution in [0.2, 0.25) is 0 Å². The molecule has 2 heterocycles. The first-order valence-electron chi connectivity index (χ1n) is 7.10. The molecule has 1 saturated carbocycles. The number of nitrogens with one attached hydrogen (secondary N) is 1. The summed E-state index contributed by atoms with van der Waals surface area (Å²) in [4.78, 5) is 16.4. The Bertz CT molecular complexity index is 408. The van der Waals surface area contributed by atoms with Crippen LogP contribution in [0, 0.1) is 5.92 Å². The molecule has 1 aromatic heterocycles. The van der Waals surface area contributed by atoms with E-state index in [1.807, 2.05) is 4.90 Å². The maximum atomic E-state index is 12.0. The van der Waals surface area contributed by atoms with Gasteiger partial charge in [-0.1, -0.05) is 0 Å². The van der Waals surface area contributed by atoms with Gasteiger partial charge in [0.05, 0.1) is 11.5 Å². The van der Waals surface area contributed by atoms with E-state index in [1.165, 1.54) is 17.8 Å². The predicted molar refractivity (Wildman–Crippen MR) is 78.7 cm³/mol. The number of hydrogen-bond acceptors (Lipinski definition) is 4. The summed E-state index contributed by atoms with van der Waals surface area (Å²) in [5.41, 5.74) is 0. The molecule has 1 aromatic rings. The van der Waals surface area contributed by atoms with Crippen LogP contribution in [0.4, 0.5) is 5.00 Å². The molecule has 1 aliphatic carbocycles. The molecule has 1 aliphatic heterocycles. The number of hydrogen-bond donors (Lipinski definition) is 1. The van der Waals surface area contributed by atoms with E-state index in [1.54, 1.807) is 11.3 Å². The minimum absolute atomic E-state index is 0.256. The Hall–Kier alpha value is -1.07. The Morgan fingerprint density at radius 3 is 2.74 bits per heavy atom. The Labute approximate surface area is 118 Å². The van der Waals surface area contributed by atoms with Crippen LogP contribution in [-0.2, 0) is 4.79 Å². The quantitative estimate of drug-likeness (QED) is 0.885. The molecule has 1 amide bonds. The van der Waals surface area contributed by atoms with E-state index in [0.29, 0.717) is 6.54 Å². The highest BCUT2D eigenvalue weighted by Gasteiger charge is 2.23. The van der Waals surface area contributed by atoms with Gasteiger partial charge in [0.1, 0.15) is 0 Å². The third-order valence-corrected chi connectivity index (χ3v) is 4.79. The lowest BCUT2D eigenvalue weighted by atomic mass is 10.3.